The highest BCUT2D eigenvalue weighted by Gasteiger charge is 2.14. The van der Waals surface area contributed by atoms with Crippen LogP contribution in [0.5, 0.6) is 0 Å². The van der Waals surface area contributed by atoms with Gasteiger partial charge in [-0.2, -0.15) is 0 Å². The lowest BCUT2D eigenvalue weighted by atomic mass is 10.2. The molecule has 0 aliphatic carbocycles. The van der Waals surface area contributed by atoms with Gasteiger partial charge in [0.05, 0.1) is 12.3 Å². The van der Waals surface area contributed by atoms with E-state index in [0.717, 1.165) is 18.2 Å². The summed E-state index contributed by atoms with van der Waals surface area (Å²) in [5.74, 6) is -2.91. The van der Waals surface area contributed by atoms with Crippen molar-refractivity contribution in [2.24, 2.45) is 0 Å². The van der Waals surface area contributed by atoms with Crippen molar-refractivity contribution in [2.75, 3.05) is 11.9 Å². The van der Waals surface area contributed by atoms with Crippen molar-refractivity contribution in [3.63, 3.8) is 0 Å². The van der Waals surface area contributed by atoms with Gasteiger partial charge in [-0.05, 0) is 31.2 Å². The number of aromatic nitrogens is 1. The molecular weight excluding hydrogens is 294 g/mol. The van der Waals surface area contributed by atoms with Gasteiger partial charge >= 0.3 is 5.97 Å². The molecule has 0 spiro atoms. The topological polar surface area (TPSA) is 68.3 Å². The summed E-state index contributed by atoms with van der Waals surface area (Å²) in [6, 6.07) is 6.85. The molecule has 2 rings (SSSR count). The Bertz CT molecular complexity index is 720. The summed E-state index contributed by atoms with van der Waals surface area (Å²) in [7, 11) is 0. The first kappa shape index (κ1) is 15.6. The maximum absolute atomic E-state index is 13.5. The van der Waals surface area contributed by atoms with Crippen LogP contribution in [0.15, 0.2) is 36.4 Å². The lowest BCUT2D eigenvalue weighted by Crippen LogP contribution is -2.17. The van der Waals surface area contributed by atoms with Gasteiger partial charge in [0.2, 0.25) is 0 Å². The van der Waals surface area contributed by atoms with E-state index in [2.05, 4.69) is 10.3 Å². The first-order valence-corrected chi connectivity index (χ1v) is 6.42. The molecule has 1 amide bonds. The first-order valence-electron chi connectivity index (χ1n) is 6.42. The quantitative estimate of drug-likeness (QED) is 0.882. The van der Waals surface area contributed by atoms with Crippen LogP contribution < -0.4 is 5.32 Å². The fourth-order valence-corrected chi connectivity index (χ4v) is 1.66. The van der Waals surface area contributed by atoms with Crippen molar-refractivity contribution >= 4 is 17.6 Å². The minimum absolute atomic E-state index is 0.0470. The summed E-state index contributed by atoms with van der Waals surface area (Å²) < 4.78 is 31.3. The first-order chi connectivity index (χ1) is 10.5. The van der Waals surface area contributed by atoms with Crippen molar-refractivity contribution in [1.82, 2.24) is 4.98 Å². The highest BCUT2D eigenvalue weighted by molar-refractivity contribution is 6.03. The Morgan fingerprint density at radius 2 is 1.91 bits per heavy atom. The Hall–Kier alpha value is -2.83. The average molecular weight is 306 g/mol. The third-order valence-corrected chi connectivity index (χ3v) is 2.64. The molecule has 1 heterocycles. The standard InChI is InChI=1S/C15H12F2N2O3/c1-2-22-15(21)12-5-3-4-11(18-12)14(20)19-13-8-9(16)6-7-10(13)17/h3-8H,2H2,1H3,(H,19,20). The number of amides is 1. The number of benzene rings is 1. The number of pyridine rings is 1. The van der Waals surface area contributed by atoms with E-state index in [-0.39, 0.29) is 23.7 Å². The normalized spacial score (nSPS) is 10.1. The average Bonchev–Trinajstić information content (AvgIpc) is 2.51. The van der Waals surface area contributed by atoms with E-state index in [1.54, 1.807) is 6.92 Å². The number of nitrogens with one attached hydrogen (secondary N) is 1. The number of anilines is 1. The largest absolute Gasteiger partial charge is 0.461 e. The van der Waals surface area contributed by atoms with Crippen LogP contribution >= 0.6 is 0 Å². The van der Waals surface area contributed by atoms with Gasteiger partial charge in [-0.25, -0.2) is 18.6 Å². The van der Waals surface area contributed by atoms with E-state index in [0.29, 0.717) is 0 Å². The van der Waals surface area contributed by atoms with Gasteiger partial charge in [0, 0.05) is 6.07 Å². The summed E-state index contributed by atoms with van der Waals surface area (Å²) in [5, 5.41) is 2.20. The van der Waals surface area contributed by atoms with Crippen LogP contribution in [0.1, 0.15) is 27.9 Å². The van der Waals surface area contributed by atoms with E-state index >= 15 is 0 Å². The second-order valence-electron chi connectivity index (χ2n) is 4.21. The molecule has 0 unspecified atom stereocenters. The number of nitrogens with zero attached hydrogens (tertiary/aromatic N) is 1. The molecule has 7 heteroatoms. The second kappa shape index (κ2) is 6.75. The molecule has 0 radical (unpaired) electrons. The van der Waals surface area contributed by atoms with Gasteiger partial charge in [-0.1, -0.05) is 6.07 Å². The molecule has 0 aliphatic rings. The maximum atomic E-state index is 13.5. The second-order valence-corrected chi connectivity index (χ2v) is 4.21. The number of carbonyl (C=O) groups is 2. The van der Waals surface area contributed by atoms with E-state index in [4.69, 9.17) is 4.74 Å². The summed E-state index contributed by atoms with van der Waals surface area (Å²) >= 11 is 0. The van der Waals surface area contributed by atoms with Gasteiger partial charge in [0.25, 0.3) is 5.91 Å². The highest BCUT2D eigenvalue weighted by atomic mass is 19.1. The van der Waals surface area contributed by atoms with E-state index < -0.39 is 23.5 Å². The van der Waals surface area contributed by atoms with E-state index in [9.17, 15) is 18.4 Å². The van der Waals surface area contributed by atoms with Crippen LogP contribution in [0.25, 0.3) is 0 Å². The van der Waals surface area contributed by atoms with Gasteiger partial charge in [0.1, 0.15) is 23.0 Å². The molecule has 0 atom stereocenters. The molecule has 0 saturated heterocycles. The molecule has 5 nitrogen and oxygen atoms in total. The zero-order chi connectivity index (χ0) is 16.1. The van der Waals surface area contributed by atoms with Crippen LogP contribution in [0.3, 0.4) is 0 Å². The van der Waals surface area contributed by atoms with Gasteiger partial charge in [0.15, 0.2) is 0 Å². The Balaban J connectivity index is 2.21. The van der Waals surface area contributed by atoms with Crippen LogP contribution in [-0.4, -0.2) is 23.5 Å². The molecule has 1 aromatic heterocycles. The molecular formula is C15H12F2N2O3. The SMILES string of the molecule is CCOC(=O)c1cccc(C(=O)Nc2cc(F)ccc2F)n1. The number of ether oxygens (including phenoxy) is 1. The Kier molecular flexibility index (Phi) is 4.77. The maximum Gasteiger partial charge on any atom is 0.356 e. The summed E-state index contributed by atoms with van der Waals surface area (Å²) in [6.45, 7) is 1.81. The zero-order valence-electron chi connectivity index (χ0n) is 11.6. The van der Waals surface area contributed by atoms with Crippen LogP contribution in [-0.2, 0) is 4.74 Å². The van der Waals surface area contributed by atoms with Crippen molar-refractivity contribution in [2.45, 2.75) is 6.92 Å². The summed E-state index contributed by atoms with van der Waals surface area (Å²) in [4.78, 5) is 27.4. The predicted octanol–water partition coefficient (Wildman–Crippen LogP) is 2.79. The third-order valence-electron chi connectivity index (χ3n) is 2.64. The molecule has 0 bridgehead atoms. The lowest BCUT2D eigenvalue weighted by molar-refractivity contribution is 0.0519. The molecule has 0 saturated carbocycles. The van der Waals surface area contributed by atoms with Crippen molar-refractivity contribution in [3.05, 3.63) is 59.4 Å². The Labute approximate surface area is 124 Å². The van der Waals surface area contributed by atoms with Crippen molar-refractivity contribution < 1.29 is 23.1 Å². The number of halogens is 2. The lowest BCUT2D eigenvalue weighted by Gasteiger charge is -2.07. The summed E-state index contributed by atoms with van der Waals surface area (Å²) in [6.07, 6.45) is 0. The van der Waals surface area contributed by atoms with Gasteiger partial charge in [-0.15, -0.1) is 0 Å². The number of esters is 1. The third kappa shape index (κ3) is 3.63. The van der Waals surface area contributed by atoms with Crippen molar-refractivity contribution in [1.29, 1.82) is 0 Å². The molecule has 1 N–H and O–H groups in total. The molecule has 1 aromatic carbocycles. The summed E-state index contributed by atoms with van der Waals surface area (Å²) in [5.41, 5.74) is -0.475. The monoisotopic (exact) mass is 306 g/mol. The van der Waals surface area contributed by atoms with E-state index in [1.807, 2.05) is 0 Å². The minimum atomic E-state index is -0.781. The fraction of sp³-hybridized carbons (Fsp3) is 0.133. The Morgan fingerprint density at radius 1 is 1.18 bits per heavy atom. The number of hydrogen-bond acceptors (Lipinski definition) is 4. The van der Waals surface area contributed by atoms with Crippen LogP contribution in [0.4, 0.5) is 14.5 Å². The molecule has 22 heavy (non-hydrogen) atoms. The van der Waals surface area contributed by atoms with Crippen LogP contribution in [0.2, 0.25) is 0 Å². The molecule has 114 valence electrons. The number of hydrogen-bond donors (Lipinski definition) is 1. The van der Waals surface area contributed by atoms with Crippen molar-refractivity contribution in [3.8, 4) is 0 Å². The smallest absolute Gasteiger partial charge is 0.356 e. The molecule has 2 aromatic rings. The number of carbonyl (C=O) groups excluding carboxylic acids is 2. The van der Waals surface area contributed by atoms with Crippen LogP contribution in [0, 0.1) is 11.6 Å². The number of rotatable bonds is 4. The predicted molar refractivity (Wildman–Crippen MR) is 74.5 cm³/mol. The highest BCUT2D eigenvalue weighted by Crippen LogP contribution is 2.16. The molecule has 0 fully saturated rings. The van der Waals surface area contributed by atoms with Gasteiger partial charge in [-0.3, -0.25) is 4.79 Å². The zero-order valence-corrected chi connectivity index (χ0v) is 11.6. The van der Waals surface area contributed by atoms with Gasteiger partial charge < -0.3 is 10.1 Å². The molecule has 0 aliphatic heterocycles. The van der Waals surface area contributed by atoms with E-state index in [1.165, 1.54) is 18.2 Å². The Morgan fingerprint density at radius 3 is 2.64 bits per heavy atom. The fourth-order valence-electron chi connectivity index (χ4n) is 1.66. The minimum Gasteiger partial charge on any atom is -0.461 e.